The van der Waals surface area contributed by atoms with E-state index in [4.69, 9.17) is 14.0 Å². The Morgan fingerprint density at radius 1 is 1.45 bits per heavy atom. The van der Waals surface area contributed by atoms with Crippen molar-refractivity contribution >= 4 is 5.91 Å². The molecule has 2 aromatic rings. The molecule has 1 spiro atoms. The van der Waals surface area contributed by atoms with Crippen molar-refractivity contribution in [2.24, 2.45) is 11.8 Å². The Morgan fingerprint density at radius 3 is 3.14 bits per heavy atom. The van der Waals surface area contributed by atoms with Gasteiger partial charge in [0.25, 0.3) is 5.91 Å². The number of nitrogens with zero attached hydrogens (tertiary/aromatic N) is 3. The Labute approximate surface area is 169 Å². The van der Waals surface area contributed by atoms with Crippen LogP contribution in [0.2, 0.25) is 0 Å². The summed E-state index contributed by atoms with van der Waals surface area (Å²) >= 11 is 0. The van der Waals surface area contributed by atoms with Gasteiger partial charge < -0.3 is 19.3 Å². The summed E-state index contributed by atoms with van der Waals surface area (Å²) in [5.74, 6) is 1.94. The summed E-state index contributed by atoms with van der Waals surface area (Å²) in [6.07, 6.45) is 3.99. The molecule has 0 aliphatic carbocycles. The molecular weight excluding hydrogens is 372 g/mol. The first-order valence-corrected chi connectivity index (χ1v) is 10.2. The van der Waals surface area contributed by atoms with Crippen molar-refractivity contribution in [2.45, 2.75) is 38.0 Å². The Bertz CT molecular complexity index is 916. The van der Waals surface area contributed by atoms with Gasteiger partial charge in [0.05, 0.1) is 24.5 Å². The molecule has 154 valence electrons. The maximum atomic E-state index is 12.6. The van der Waals surface area contributed by atoms with Crippen LogP contribution in [0.25, 0.3) is 0 Å². The first-order valence-electron chi connectivity index (χ1n) is 10.2. The fourth-order valence-corrected chi connectivity index (χ4v) is 5.38. The fraction of sp³-hybridized carbons (Fsp3) is 0.571. The fourth-order valence-electron chi connectivity index (χ4n) is 5.38. The number of hydrogen-bond acceptors (Lipinski definition) is 7. The van der Waals surface area contributed by atoms with Gasteiger partial charge in [-0.3, -0.25) is 9.69 Å². The highest BCUT2D eigenvalue weighted by atomic mass is 16.5. The maximum absolute atomic E-state index is 12.6. The van der Waals surface area contributed by atoms with Crippen molar-refractivity contribution in [3.8, 4) is 5.88 Å². The summed E-state index contributed by atoms with van der Waals surface area (Å²) in [4.78, 5) is 19.1. The van der Waals surface area contributed by atoms with Crippen LogP contribution in [0, 0.1) is 18.8 Å². The lowest BCUT2D eigenvalue weighted by Gasteiger charge is -2.29. The summed E-state index contributed by atoms with van der Waals surface area (Å²) in [6.45, 7) is 5.20. The number of rotatable bonds is 6. The molecular formula is C21H26N4O4. The lowest BCUT2D eigenvalue weighted by molar-refractivity contribution is 0.00197. The number of carbonyl (C=O) groups excluding carboxylic acids is 1. The van der Waals surface area contributed by atoms with E-state index in [0.29, 0.717) is 29.8 Å². The van der Waals surface area contributed by atoms with Crippen molar-refractivity contribution in [3.63, 3.8) is 0 Å². The number of likely N-dealkylation sites (tertiary alicyclic amines) is 1. The molecule has 5 heterocycles. The van der Waals surface area contributed by atoms with E-state index >= 15 is 0 Å². The van der Waals surface area contributed by atoms with Crippen LogP contribution >= 0.6 is 0 Å². The molecule has 2 aromatic heterocycles. The van der Waals surface area contributed by atoms with E-state index in [1.54, 1.807) is 25.4 Å². The van der Waals surface area contributed by atoms with Gasteiger partial charge in [-0.25, -0.2) is 4.98 Å². The van der Waals surface area contributed by atoms with E-state index < -0.39 is 0 Å². The van der Waals surface area contributed by atoms with Crippen molar-refractivity contribution in [2.75, 3.05) is 26.7 Å². The van der Waals surface area contributed by atoms with Gasteiger partial charge in [0, 0.05) is 61.9 Å². The zero-order chi connectivity index (χ0) is 20.0. The number of nitrogens with one attached hydrogen (secondary N) is 1. The van der Waals surface area contributed by atoms with E-state index in [9.17, 15) is 4.79 Å². The average Bonchev–Trinajstić information content (AvgIpc) is 3.47. The predicted octanol–water partition coefficient (Wildman–Crippen LogP) is 1.80. The van der Waals surface area contributed by atoms with Crippen LogP contribution in [0.3, 0.4) is 0 Å². The highest BCUT2D eigenvalue weighted by Gasteiger charge is 2.62. The number of aromatic nitrogens is 2. The number of pyridine rings is 1. The van der Waals surface area contributed by atoms with Gasteiger partial charge >= 0.3 is 0 Å². The number of aryl methyl sites for hydroxylation is 1. The molecule has 8 heteroatoms. The van der Waals surface area contributed by atoms with Crippen molar-refractivity contribution in [1.82, 2.24) is 20.4 Å². The Kier molecular flexibility index (Phi) is 4.55. The molecule has 0 aromatic carbocycles. The van der Waals surface area contributed by atoms with Crippen molar-refractivity contribution < 1.29 is 18.8 Å². The summed E-state index contributed by atoms with van der Waals surface area (Å²) < 4.78 is 16.8. The molecule has 3 aliphatic heterocycles. The first kappa shape index (κ1) is 18.6. The zero-order valence-corrected chi connectivity index (χ0v) is 16.8. The van der Waals surface area contributed by atoms with E-state index in [-0.39, 0.29) is 17.6 Å². The largest absolute Gasteiger partial charge is 0.481 e. The molecule has 3 aliphatic rings. The molecule has 4 atom stereocenters. The van der Waals surface area contributed by atoms with Gasteiger partial charge in [-0.15, -0.1) is 0 Å². The monoisotopic (exact) mass is 398 g/mol. The SMILES string of the molecule is COc1cc(C(=O)NC[C@H]2[C@H]3CN(Cc4cc(C)on4)C[C@]34CC[C@H]2O4)ccn1. The first-order chi connectivity index (χ1) is 14.1. The number of methoxy groups -OCH3 is 1. The highest BCUT2D eigenvalue weighted by molar-refractivity contribution is 5.94. The number of ether oxygens (including phenoxy) is 2. The van der Waals surface area contributed by atoms with Crippen LogP contribution in [-0.4, -0.2) is 59.4 Å². The Hall–Kier alpha value is -2.45. The number of carbonyl (C=O) groups is 1. The van der Waals surface area contributed by atoms with E-state index in [2.05, 4.69) is 20.4 Å². The summed E-state index contributed by atoms with van der Waals surface area (Å²) in [5, 5.41) is 7.23. The smallest absolute Gasteiger partial charge is 0.251 e. The van der Waals surface area contributed by atoms with Gasteiger partial charge in [0.1, 0.15) is 5.76 Å². The predicted molar refractivity (Wildman–Crippen MR) is 103 cm³/mol. The second kappa shape index (κ2) is 7.11. The molecule has 2 bridgehead atoms. The molecule has 0 radical (unpaired) electrons. The molecule has 0 unspecified atom stereocenters. The second-order valence-corrected chi connectivity index (χ2v) is 8.43. The van der Waals surface area contributed by atoms with Crippen LogP contribution in [0.1, 0.15) is 34.7 Å². The van der Waals surface area contributed by atoms with Crippen LogP contribution < -0.4 is 10.1 Å². The highest BCUT2D eigenvalue weighted by Crippen LogP contribution is 2.54. The number of amides is 1. The minimum atomic E-state index is -0.101. The molecule has 29 heavy (non-hydrogen) atoms. The van der Waals surface area contributed by atoms with Gasteiger partial charge in [0.15, 0.2) is 0 Å². The van der Waals surface area contributed by atoms with Gasteiger partial charge in [-0.2, -0.15) is 0 Å². The Morgan fingerprint density at radius 2 is 2.34 bits per heavy atom. The summed E-state index contributed by atoms with van der Waals surface area (Å²) in [5.41, 5.74) is 1.45. The van der Waals surface area contributed by atoms with Gasteiger partial charge in [-0.05, 0) is 25.8 Å². The Balaban J connectivity index is 1.24. The zero-order valence-electron chi connectivity index (χ0n) is 16.8. The van der Waals surface area contributed by atoms with Crippen LogP contribution in [0.4, 0.5) is 0 Å². The normalized spacial score (nSPS) is 30.5. The maximum Gasteiger partial charge on any atom is 0.251 e. The lowest BCUT2D eigenvalue weighted by atomic mass is 9.73. The minimum absolute atomic E-state index is 0.0707. The second-order valence-electron chi connectivity index (χ2n) is 8.43. The minimum Gasteiger partial charge on any atom is -0.481 e. The van der Waals surface area contributed by atoms with Gasteiger partial charge in [0.2, 0.25) is 5.88 Å². The molecule has 3 saturated heterocycles. The van der Waals surface area contributed by atoms with Crippen molar-refractivity contribution in [1.29, 1.82) is 0 Å². The number of fused-ring (bicyclic) bond motifs is 1. The van der Waals surface area contributed by atoms with Crippen LogP contribution in [-0.2, 0) is 11.3 Å². The third-order valence-electron chi connectivity index (χ3n) is 6.62. The van der Waals surface area contributed by atoms with E-state index in [1.807, 2.05) is 13.0 Å². The third-order valence-corrected chi connectivity index (χ3v) is 6.62. The summed E-state index contributed by atoms with van der Waals surface area (Å²) in [7, 11) is 1.54. The van der Waals surface area contributed by atoms with Gasteiger partial charge in [-0.1, -0.05) is 5.16 Å². The topological polar surface area (TPSA) is 89.7 Å². The molecule has 3 fully saturated rings. The molecule has 1 N–H and O–H groups in total. The molecule has 0 saturated carbocycles. The van der Waals surface area contributed by atoms with E-state index in [0.717, 1.165) is 43.9 Å². The lowest BCUT2D eigenvalue weighted by Crippen LogP contribution is -2.41. The van der Waals surface area contributed by atoms with Crippen LogP contribution in [0.5, 0.6) is 5.88 Å². The van der Waals surface area contributed by atoms with Crippen LogP contribution in [0.15, 0.2) is 28.9 Å². The van der Waals surface area contributed by atoms with Crippen molar-refractivity contribution in [3.05, 3.63) is 41.4 Å². The quantitative estimate of drug-likeness (QED) is 0.793. The summed E-state index contributed by atoms with van der Waals surface area (Å²) in [6, 6.07) is 5.35. The molecule has 8 nitrogen and oxygen atoms in total. The molecule has 1 amide bonds. The third kappa shape index (κ3) is 3.30. The average molecular weight is 398 g/mol. The standard InChI is InChI=1S/C21H26N4O4/c1-13-7-15(24-29-13)10-25-11-17-16(18-3-5-21(17,12-25)28-18)9-23-20(26)14-4-6-22-19(8-14)27-2/h4,6-8,16-18H,3,5,9-12H2,1-2H3,(H,23,26)/t16-,17+,18+,21+/m0/s1. The van der Waals surface area contributed by atoms with E-state index in [1.165, 1.54) is 0 Å². The number of hydrogen-bond donors (Lipinski definition) is 1. The molecule has 5 rings (SSSR count).